The monoisotopic (exact) mass is 297 g/mol. The number of methoxy groups -OCH3 is 1. The molecule has 1 aromatic rings. The Morgan fingerprint density at radius 2 is 2.10 bits per heavy atom. The quantitative estimate of drug-likeness (QED) is 0.600. The molecule has 21 heavy (non-hydrogen) atoms. The predicted molar refractivity (Wildman–Crippen MR) is 85.8 cm³/mol. The first-order valence-electron chi connectivity index (χ1n) is 8.10. The van der Waals surface area contributed by atoms with Crippen molar-refractivity contribution >= 4 is 0 Å². The average molecular weight is 297 g/mol. The van der Waals surface area contributed by atoms with Crippen molar-refractivity contribution in [2.45, 2.75) is 52.6 Å². The lowest BCUT2D eigenvalue weighted by atomic mass is 10.1. The number of aromatic nitrogens is 2. The minimum atomic E-state index is 0.327. The Morgan fingerprint density at radius 1 is 1.29 bits per heavy atom. The fourth-order valence-corrected chi connectivity index (χ4v) is 2.28. The Hall–Kier alpha value is -0.910. The Bertz CT molecular complexity index is 380. The zero-order chi connectivity index (χ0) is 15.5. The van der Waals surface area contributed by atoms with Gasteiger partial charge in [0.1, 0.15) is 0 Å². The largest absolute Gasteiger partial charge is 0.382 e. The van der Waals surface area contributed by atoms with Crippen LogP contribution in [0.15, 0.2) is 6.07 Å². The normalized spacial score (nSPS) is 12.8. The van der Waals surface area contributed by atoms with Crippen LogP contribution in [0.3, 0.4) is 0 Å². The second kappa shape index (κ2) is 10.8. The highest BCUT2D eigenvalue weighted by molar-refractivity contribution is 5.12. The smallest absolute Gasteiger partial charge is 0.0701 e. The van der Waals surface area contributed by atoms with Crippen molar-refractivity contribution in [2.75, 3.05) is 33.5 Å². The highest BCUT2D eigenvalue weighted by atomic mass is 16.5. The Kier molecular flexibility index (Phi) is 9.30. The highest BCUT2D eigenvalue weighted by Crippen LogP contribution is 2.09. The van der Waals surface area contributed by atoms with E-state index in [1.165, 1.54) is 11.4 Å². The first-order chi connectivity index (χ1) is 10.2. The standard InChI is InChI=1S/C16H31N3O2/c1-5-8-17-15(13-21-10-9-20-4)12-16-11-14(6-2)18-19(16)7-3/h11,15,17H,5-10,12-13H2,1-4H3. The highest BCUT2D eigenvalue weighted by Gasteiger charge is 2.13. The molecule has 5 heteroatoms. The van der Waals surface area contributed by atoms with Crippen molar-refractivity contribution < 1.29 is 9.47 Å². The van der Waals surface area contributed by atoms with E-state index >= 15 is 0 Å². The van der Waals surface area contributed by atoms with Gasteiger partial charge in [0.25, 0.3) is 0 Å². The van der Waals surface area contributed by atoms with Crippen molar-refractivity contribution in [2.24, 2.45) is 0 Å². The van der Waals surface area contributed by atoms with Gasteiger partial charge in [0.05, 0.1) is 25.5 Å². The van der Waals surface area contributed by atoms with E-state index in [9.17, 15) is 0 Å². The summed E-state index contributed by atoms with van der Waals surface area (Å²) < 4.78 is 12.8. The van der Waals surface area contributed by atoms with Crippen LogP contribution < -0.4 is 5.32 Å². The molecule has 0 radical (unpaired) electrons. The SMILES string of the molecule is CCCNC(COCCOC)Cc1cc(CC)nn1CC. The van der Waals surface area contributed by atoms with E-state index in [0.29, 0.717) is 25.9 Å². The van der Waals surface area contributed by atoms with Crippen molar-refractivity contribution in [3.8, 4) is 0 Å². The van der Waals surface area contributed by atoms with Crippen molar-refractivity contribution in [1.29, 1.82) is 0 Å². The van der Waals surface area contributed by atoms with E-state index in [1.807, 2.05) is 0 Å². The summed E-state index contributed by atoms with van der Waals surface area (Å²) in [6.45, 7) is 10.4. The fraction of sp³-hybridized carbons (Fsp3) is 0.812. The van der Waals surface area contributed by atoms with Crippen LogP contribution in [0.25, 0.3) is 0 Å². The van der Waals surface area contributed by atoms with E-state index in [0.717, 1.165) is 32.4 Å². The van der Waals surface area contributed by atoms with Crippen LogP contribution in [0.1, 0.15) is 38.6 Å². The van der Waals surface area contributed by atoms with Gasteiger partial charge in [-0.2, -0.15) is 5.10 Å². The lowest BCUT2D eigenvalue weighted by Gasteiger charge is -2.19. The van der Waals surface area contributed by atoms with E-state index in [2.05, 4.69) is 41.9 Å². The number of aryl methyl sites for hydroxylation is 2. The summed E-state index contributed by atoms with van der Waals surface area (Å²) in [5.41, 5.74) is 2.46. The van der Waals surface area contributed by atoms with Crippen LogP contribution in [0.2, 0.25) is 0 Å². The molecule has 1 aromatic heterocycles. The first kappa shape index (κ1) is 18.1. The molecule has 122 valence electrons. The molecular weight excluding hydrogens is 266 g/mol. The van der Waals surface area contributed by atoms with Crippen LogP contribution >= 0.6 is 0 Å². The molecule has 0 saturated heterocycles. The summed E-state index contributed by atoms with van der Waals surface area (Å²) >= 11 is 0. The van der Waals surface area contributed by atoms with E-state index in [-0.39, 0.29) is 0 Å². The maximum Gasteiger partial charge on any atom is 0.0701 e. The van der Waals surface area contributed by atoms with E-state index < -0.39 is 0 Å². The van der Waals surface area contributed by atoms with Gasteiger partial charge in [0.15, 0.2) is 0 Å². The van der Waals surface area contributed by atoms with E-state index in [1.54, 1.807) is 7.11 Å². The van der Waals surface area contributed by atoms with Crippen molar-refractivity contribution in [1.82, 2.24) is 15.1 Å². The van der Waals surface area contributed by atoms with Gasteiger partial charge in [-0.25, -0.2) is 0 Å². The third-order valence-electron chi connectivity index (χ3n) is 3.47. The zero-order valence-corrected chi connectivity index (χ0v) is 14.0. The molecule has 0 fully saturated rings. The topological polar surface area (TPSA) is 48.3 Å². The molecule has 0 aromatic carbocycles. The van der Waals surface area contributed by atoms with E-state index in [4.69, 9.17) is 9.47 Å². The second-order valence-electron chi connectivity index (χ2n) is 5.22. The Labute approximate surface area is 129 Å². The third-order valence-corrected chi connectivity index (χ3v) is 3.47. The molecule has 0 aliphatic carbocycles. The third kappa shape index (κ3) is 6.59. The molecular formula is C16H31N3O2. The number of nitrogens with zero attached hydrogens (tertiary/aromatic N) is 2. The van der Waals surface area contributed by atoms with Gasteiger partial charge in [0.2, 0.25) is 0 Å². The van der Waals surface area contributed by atoms with Crippen molar-refractivity contribution in [3.05, 3.63) is 17.5 Å². The maximum absolute atomic E-state index is 5.69. The molecule has 1 N–H and O–H groups in total. The molecule has 1 unspecified atom stereocenters. The van der Waals surface area contributed by atoms with Crippen molar-refractivity contribution in [3.63, 3.8) is 0 Å². The van der Waals surface area contributed by atoms with Gasteiger partial charge in [0, 0.05) is 31.8 Å². The molecule has 1 atom stereocenters. The number of hydrogen-bond acceptors (Lipinski definition) is 4. The van der Waals surface area contributed by atoms with Gasteiger partial charge in [-0.15, -0.1) is 0 Å². The molecule has 0 bridgehead atoms. The van der Waals surface area contributed by atoms with Gasteiger partial charge in [-0.1, -0.05) is 13.8 Å². The Balaban J connectivity index is 2.59. The molecule has 0 saturated carbocycles. The van der Waals surface area contributed by atoms with Gasteiger partial charge in [-0.3, -0.25) is 4.68 Å². The molecule has 1 heterocycles. The molecule has 0 amide bonds. The average Bonchev–Trinajstić information content (AvgIpc) is 2.91. The summed E-state index contributed by atoms with van der Waals surface area (Å²) in [6, 6.07) is 2.55. The molecule has 0 spiro atoms. The second-order valence-corrected chi connectivity index (χ2v) is 5.22. The summed E-state index contributed by atoms with van der Waals surface area (Å²) in [7, 11) is 1.70. The number of nitrogens with one attached hydrogen (secondary N) is 1. The van der Waals surface area contributed by atoms with Gasteiger partial charge < -0.3 is 14.8 Å². The molecule has 5 nitrogen and oxygen atoms in total. The van der Waals surface area contributed by atoms with Crippen LogP contribution in [-0.4, -0.2) is 49.3 Å². The van der Waals surface area contributed by atoms with Crippen LogP contribution in [-0.2, 0) is 28.9 Å². The minimum Gasteiger partial charge on any atom is -0.382 e. The van der Waals surface area contributed by atoms with Crippen LogP contribution in [0, 0.1) is 0 Å². The summed E-state index contributed by atoms with van der Waals surface area (Å²) in [5.74, 6) is 0. The minimum absolute atomic E-state index is 0.327. The summed E-state index contributed by atoms with van der Waals surface area (Å²) in [6.07, 6.45) is 3.06. The summed E-state index contributed by atoms with van der Waals surface area (Å²) in [4.78, 5) is 0. The first-order valence-corrected chi connectivity index (χ1v) is 8.10. The molecule has 0 aliphatic rings. The lowest BCUT2D eigenvalue weighted by Crippen LogP contribution is -2.37. The maximum atomic E-state index is 5.69. The van der Waals surface area contributed by atoms with Gasteiger partial charge >= 0.3 is 0 Å². The number of ether oxygens (including phenoxy) is 2. The predicted octanol–water partition coefficient (Wildman–Crippen LogP) is 2.04. The van der Waals surface area contributed by atoms with Crippen LogP contribution in [0.4, 0.5) is 0 Å². The summed E-state index contributed by atoms with van der Waals surface area (Å²) in [5, 5.41) is 8.18. The van der Waals surface area contributed by atoms with Crippen LogP contribution in [0.5, 0.6) is 0 Å². The molecule has 0 aliphatic heterocycles. The zero-order valence-electron chi connectivity index (χ0n) is 14.0. The molecule has 1 rings (SSSR count). The number of hydrogen-bond donors (Lipinski definition) is 1. The number of rotatable bonds is 12. The Morgan fingerprint density at radius 3 is 2.71 bits per heavy atom. The fourth-order valence-electron chi connectivity index (χ4n) is 2.28. The lowest BCUT2D eigenvalue weighted by molar-refractivity contribution is 0.0584. The van der Waals surface area contributed by atoms with Gasteiger partial charge in [-0.05, 0) is 32.4 Å².